The molecule has 0 bridgehead atoms. The second-order valence-electron chi connectivity index (χ2n) is 6.75. The van der Waals surface area contributed by atoms with Crippen LogP contribution < -0.4 is 51.4 Å². The molecule has 0 saturated heterocycles. The van der Waals surface area contributed by atoms with Crippen LogP contribution in [0.5, 0.6) is 0 Å². The minimum absolute atomic E-state index is 0. The molecule has 24 heavy (non-hydrogen) atoms. The molecule has 0 rings (SSSR count). The largest absolute Gasteiger partial charge is 1.00 e. The van der Waals surface area contributed by atoms with Crippen LogP contribution in [0.4, 0.5) is 0 Å². The molecule has 0 aliphatic rings. The molecule has 0 spiro atoms. The van der Waals surface area contributed by atoms with E-state index >= 15 is 0 Å². The minimum atomic E-state index is -4.13. The van der Waals surface area contributed by atoms with E-state index in [1.165, 1.54) is 6.42 Å². The summed E-state index contributed by atoms with van der Waals surface area (Å²) in [6, 6.07) is 0. The number of rotatable bonds is 16. The number of hydrogen-bond donors (Lipinski definition) is 1. The second kappa shape index (κ2) is 17.9. The Morgan fingerprint density at radius 2 is 1.21 bits per heavy atom. The van der Waals surface area contributed by atoms with E-state index in [0.717, 1.165) is 70.6 Å². The first-order chi connectivity index (χ1) is 10.9. The summed E-state index contributed by atoms with van der Waals surface area (Å²) < 4.78 is 33.6. The molecular formula is C18H37KO4S. The summed E-state index contributed by atoms with van der Waals surface area (Å²) in [4.78, 5) is 0. The zero-order valence-electron chi connectivity index (χ0n) is 16.1. The maximum absolute atomic E-state index is 11.2. The first kappa shape index (κ1) is 27.7. The van der Waals surface area contributed by atoms with Crippen LogP contribution in [-0.4, -0.2) is 29.4 Å². The van der Waals surface area contributed by atoms with Gasteiger partial charge in [0.25, 0.3) is 0 Å². The van der Waals surface area contributed by atoms with Crippen LogP contribution in [0.3, 0.4) is 0 Å². The van der Waals surface area contributed by atoms with Crippen molar-refractivity contribution >= 4 is 10.1 Å². The fraction of sp³-hybridized carbons (Fsp3) is 1.00. The molecular weight excluding hydrogens is 351 g/mol. The predicted octanol–water partition coefficient (Wildman–Crippen LogP) is 1.77. The molecule has 0 saturated carbocycles. The van der Waals surface area contributed by atoms with Crippen LogP contribution in [0.1, 0.15) is 104 Å². The molecule has 0 aromatic carbocycles. The summed E-state index contributed by atoms with van der Waals surface area (Å²) in [5.41, 5.74) is 0. The molecule has 2 unspecified atom stereocenters. The molecule has 0 aromatic heterocycles. The summed E-state index contributed by atoms with van der Waals surface area (Å²) in [6.45, 7) is 4.10. The van der Waals surface area contributed by atoms with Gasteiger partial charge in [-0.25, -0.2) is 8.42 Å². The number of hydrogen-bond acceptors (Lipinski definition) is 4. The quantitative estimate of drug-likeness (QED) is 0.248. The first-order valence-corrected chi connectivity index (χ1v) is 11.0. The Labute approximate surface area is 192 Å². The fourth-order valence-corrected chi connectivity index (χ4v) is 3.89. The van der Waals surface area contributed by atoms with Crippen molar-refractivity contribution in [1.29, 1.82) is 0 Å². The van der Waals surface area contributed by atoms with Gasteiger partial charge in [0.05, 0.1) is 16.2 Å². The molecule has 0 fully saturated rings. The molecule has 4 nitrogen and oxygen atoms in total. The average Bonchev–Trinajstić information content (AvgIpc) is 2.47. The van der Waals surface area contributed by atoms with Crippen molar-refractivity contribution in [3.8, 4) is 0 Å². The fourth-order valence-electron chi connectivity index (χ4n) is 2.98. The predicted molar refractivity (Wildman–Crippen MR) is 95.5 cm³/mol. The van der Waals surface area contributed by atoms with E-state index in [1.54, 1.807) is 0 Å². The standard InChI is InChI=1S/C18H38O4S.K/c1-3-5-15-18(23(20,21)22)16-12-10-8-6-7-9-11-14-17(19)13-4-2;/h17-19H,3-16H2,1-2H3,(H,20,21,22);/q;+1/p-1. The van der Waals surface area contributed by atoms with E-state index in [2.05, 4.69) is 6.92 Å². The van der Waals surface area contributed by atoms with E-state index in [0.29, 0.717) is 12.8 Å². The van der Waals surface area contributed by atoms with Crippen molar-refractivity contribution in [2.45, 2.75) is 115 Å². The first-order valence-electron chi connectivity index (χ1n) is 9.54. The zero-order valence-corrected chi connectivity index (χ0v) is 20.1. The van der Waals surface area contributed by atoms with E-state index in [1.807, 2.05) is 6.92 Å². The Kier molecular flexibility index (Phi) is 20.7. The molecule has 0 amide bonds. The maximum Gasteiger partial charge on any atom is 1.00 e. The number of aliphatic hydroxyl groups excluding tert-OH is 1. The summed E-state index contributed by atoms with van der Waals surface area (Å²) in [7, 11) is -4.13. The van der Waals surface area contributed by atoms with Gasteiger partial charge in [-0.3, -0.25) is 0 Å². The topological polar surface area (TPSA) is 77.4 Å². The number of unbranched alkanes of at least 4 members (excludes halogenated alkanes) is 7. The van der Waals surface area contributed by atoms with Gasteiger partial charge in [-0.05, 0) is 25.7 Å². The minimum Gasteiger partial charge on any atom is -0.748 e. The Balaban J connectivity index is 0. The summed E-state index contributed by atoms with van der Waals surface area (Å²) in [5, 5.41) is 8.95. The van der Waals surface area contributed by atoms with Crippen molar-refractivity contribution < 1.29 is 69.5 Å². The van der Waals surface area contributed by atoms with E-state index in [-0.39, 0.29) is 57.5 Å². The van der Waals surface area contributed by atoms with Crippen LogP contribution in [0, 0.1) is 0 Å². The molecule has 6 heteroatoms. The molecule has 0 aliphatic heterocycles. The summed E-state index contributed by atoms with van der Waals surface area (Å²) >= 11 is 0. The van der Waals surface area contributed by atoms with Crippen molar-refractivity contribution in [1.82, 2.24) is 0 Å². The summed E-state index contributed by atoms with van der Waals surface area (Å²) in [6.07, 6.45) is 13.1. The van der Waals surface area contributed by atoms with Gasteiger partial charge in [-0.1, -0.05) is 78.1 Å². The molecule has 0 aromatic rings. The average molecular weight is 389 g/mol. The van der Waals surface area contributed by atoms with Crippen LogP contribution in [-0.2, 0) is 10.1 Å². The van der Waals surface area contributed by atoms with Gasteiger partial charge in [0, 0.05) is 5.25 Å². The number of aliphatic hydroxyl groups is 1. The molecule has 1 N–H and O–H groups in total. The van der Waals surface area contributed by atoms with Gasteiger partial charge in [0.2, 0.25) is 0 Å². The monoisotopic (exact) mass is 388 g/mol. The van der Waals surface area contributed by atoms with Crippen LogP contribution in [0.25, 0.3) is 0 Å². The van der Waals surface area contributed by atoms with Gasteiger partial charge in [-0.2, -0.15) is 0 Å². The van der Waals surface area contributed by atoms with Crippen molar-refractivity contribution in [2.75, 3.05) is 0 Å². The maximum atomic E-state index is 11.2. The Morgan fingerprint density at radius 1 is 0.750 bits per heavy atom. The molecule has 0 heterocycles. The Morgan fingerprint density at radius 3 is 1.67 bits per heavy atom. The van der Waals surface area contributed by atoms with Crippen molar-refractivity contribution in [3.63, 3.8) is 0 Å². The zero-order chi connectivity index (χ0) is 17.6. The SMILES string of the molecule is CCCCC(CCCCCCCCCC(O)CCC)S(=O)(=O)[O-].[K+]. The van der Waals surface area contributed by atoms with E-state index < -0.39 is 15.4 Å². The Hall–Kier alpha value is 1.51. The van der Waals surface area contributed by atoms with Gasteiger partial charge >= 0.3 is 51.4 Å². The third-order valence-corrected chi connectivity index (χ3v) is 5.76. The van der Waals surface area contributed by atoms with Crippen LogP contribution >= 0.6 is 0 Å². The normalized spacial score (nSPS) is 14.2. The van der Waals surface area contributed by atoms with Crippen LogP contribution in [0.15, 0.2) is 0 Å². The van der Waals surface area contributed by atoms with Gasteiger partial charge in [0.15, 0.2) is 0 Å². The van der Waals surface area contributed by atoms with E-state index in [9.17, 15) is 18.1 Å². The third kappa shape index (κ3) is 16.9. The summed E-state index contributed by atoms with van der Waals surface area (Å²) in [5.74, 6) is 0. The van der Waals surface area contributed by atoms with Gasteiger partial charge in [-0.15, -0.1) is 0 Å². The smallest absolute Gasteiger partial charge is 0.748 e. The second-order valence-corrected chi connectivity index (χ2v) is 8.40. The Bertz CT molecular complexity index is 360. The molecule has 140 valence electrons. The molecule has 0 radical (unpaired) electrons. The van der Waals surface area contributed by atoms with Gasteiger partial charge < -0.3 is 9.66 Å². The molecule has 2 atom stereocenters. The van der Waals surface area contributed by atoms with E-state index in [4.69, 9.17) is 0 Å². The van der Waals surface area contributed by atoms with Crippen molar-refractivity contribution in [2.24, 2.45) is 0 Å². The van der Waals surface area contributed by atoms with Crippen LogP contribution in [0.2, 0.25) is 0 Å². The van der Waals surface area contributed by atoms with Crippen molar-refractivity contribution in [3.05, 3.63) is 0 Å². The van der Waals surface area contributed by atoms with Gasteiger partial charge in [0.1, 0.15) is 0 Å². The third-order valence-electron chi connectivity index (χ3n) is 4.47. The molecule has 0 aliphatic carbocycles.